The first kappa shape index (κ1) is 15.7. The molecule has 3 nitrogen and oxygen atoms in total. The fourth-order valence-electron chi connectivity index (χ4n) is 1.19. The van der Waals surface area contributed by atoms with Crippen molar-refractivity contribution in [1.29, 1.82) is 0 Å². The summed E-state index contributed by atoms with van der Waals surface area (Å²) in [6.07, 6.45) is 1.70. The minimum Gasteiger partial charge on any atom is -0.304 e. The van der Waals surface area contributed by atoms with Crippen LogP contribution in [-0.4, -0.2) is 25.0 Å². The predicted molar refractivity (Wildman–Crippen MR) is 76.4 cm³/mol. The Morgan fingerprint density at radius 2 is 1.61 bits per heavy atom. The molecule has 0 aliphatic carbocycles. The molecule has 1 aromatic carbocycles. The maximum atomic E-state index is 12.3. The number of rotatable bonds is 8. The van der Waals surface area contributed by atoms with Crippen molar-refractivity contribution >= 4 is 36.9 Å². The van der Waals surface area contributed by atoms with Gasteiger partial charge in [-0.25, -0.2) is 0 Å². The van der Waals surface area contributed by atoms with Crippen LogP contribution in [0.2, 0.25) is 0 Å². The first-order valence-corrected chi connectivity index (χ1v) is 8.13. The van der Waals surface area contributed by atoms with Crippen LogP contribution in [0.4, 0.5) is 0 Å². The van der Waals surface area contributed by atoms with Crippen molar-refractivity contribution in [3.63, 3.8) is 0 Å². The Hall–Kier alpha value is -0.310. The summed E-state index contributed by atoms with van der Waals surface area (Å²) >= 11 is 11.0. The van der Waals surface area contributed by atoms with E-state index in [1.165, 1.54) is 5.82 Å². The zero-order valence-corrected chi connectivity index (χ0v) is 12.2. The van der Waals surface area contributed by atoms with E-state index in [0.717, 1.165) is 5.56 Å². The van der Waals surface area contributed by atoms with E-state index in [2.05, 4.69) is 0 Å². The van der Waals surface area contributed by atoms with Crippen LogP contribution in [0.1, 0.15) is 5.56 Å². The average molecular weight is 309 g/mol. The van der Waals surface area contributed by atoms with Crippen LogP contribution in [-0.2, 0) is 13.6 Å². The van der Waals surface area contributed by atoms with Crippen LogP contribution < -0.4 is 0 Å². The van der Waals surface area contributed by atoms with Crippen LogP contribution in [0.3, 0.4) is 0 Å². The highest BCUT2D eigenvalue weighted by Gasteiger charge is 2.20. The van der Waals surface area contributed by atoms with Gasteiger partial charge in [-0.15, -0.1) is 23.2 Å². The Kier molecular flexibility index (Phi) is 7.64. The molecule has 0 saturated carbocycles. The smallest absolute Gasteiger partial charge is 0.304 e. The lowest BCUT2D eigenvalue weighted by molar-refractivity contribution is 0.231. The van der Waals surface area contributed by atoms with Gasteiger partial charge >= 0.3 is 7.60 Å². The third kappa shape index (κ3) is 6.03. The molecule has 1 aromatic rings. The van der Waals surface area contributed by atoms with Gasteiger partial charge in [-0.1, -0.05) is 30.3 Å². The molecule has 0 bridgehead atoms. The Morgan fingerprint density at radius 1 is 1.06 bits per heavy atom. The second kappa shape index (κ2) is 8.73. The SMILES string of the molecule is O=P(/C=C/c1ccccc1)(OCCCl)OCCCl. The molecule has 1 rings (SSSR count). The highest BCUT2D eigenvalue weighted by molar-refractivity contribution is 7.57. The molecule has 0 atom stereocenters. The second-order valence-electron chi connectivity index (χ2n) is 3.31. The minimum absolute atomic E-state index is 0.167. The van der Waals surface area contributed by atoms with Gasteiger partial charge in [0.1, 0.15) is 0 Å². The van der Waals surface area contributed by atoms with E-state index in [1.54, 1.807) is 6.08 Å². The van der Waals surface area contributed by atoms with Crippen molar-refractivity contribution in [2.24, 2.45) is 0 Å². The molecule has 6 heteroatoms. The van der Waals surface area contributed by atoms with Gasteiger partial charge in [0.05, 0.1) is 13.2 Å². The average Bonchev–Trinajstić information content (AvgIpc) is 2.42. The molecule has 0 N–H and O–H groups in total. The number of benzene rings is 1. The Morgan fingerprint density at radius 3 is 2.11 bits per heavy atom. The maximum Gasteiger partial charge on any atom is 0.354 e. The topological polar surface area (TPSA) is 35.5 Å². The van der Waals surface area contributed by atoms with Crippen molar-refractivity contribution in [2.45, 2.75) is 0 Å². The molecule has 0 aromatic heterocycles. The minimum atomic E-state index is -3.27. The zero-order chi connectivity index (χ0) is 13.3. The highest BCUT2D eigenvalue weighted by Crippen LogP contribution is 2.50. The molecular formula is C12H15Cl2O3P. The Labute approximate surface area is 117 Å². The summed E-state index contributed by atoms with van der Waals surface area (Å²) in [7, 11) is -3.27. The number of halogens is 2. The van der Waals surface area contributed by atoms with E-state index >= 15 is 0 Å². The maximum absolute atomic E-state index is 12.3. The molecule has 0 saturated heterocycles. The van der Waals surface area contributed by atoms with Gasteiger partial charge in [0, 0.05) is 17.6 Å². The monoisotopic (exact) mass is 308 g/mol. The summed E-state index contributed by atoms with van der Waals surface area (Å²) < 4.78 is 22.6. The molecule has 0 aliphatic heterocycles. The number of alkyl halides is 2. The van der Waals surface area contributed by atoms with Crippen molar-refractivity contribution in [3.8, 4) is 0 Å². The summed E-state index contributed by atoms with van der Waals surface area (Å²) in [5, 5.41) is 0. The lowest BCUT2D eigenvalue weighted by Crippen LogP contribution is -1.99. The van der Waals surface area contributed by atoms with Crippen molar-refractivity contribution < 1.29 is 13.6 Å². The van der Waals surface area contributed by atoms with Gasteiger partial charge in [0.25, 0.3) is 0 Å². The molecule has 0 fully saturated rings. The number of hydrogen-bond acceptors (Lipinski definition) is 3. The van der Waals surface area contributed by atoms with E-state index in [9.17, 15) is 4.57 Å². The molecular weight excluding hydrogens is 294 g/mol. The van der Waals surface area contributed by atoms with Gasteiger partial charge < -0.3 is 9.05 Å². The van der Waals surface area contributed by atoms with E-state index in [-0.39, 0.29) is 25.0 Å². The third-order valence-electron chi connectivity index (χ3n) is 1.95. The van der Waals surface area contributed by atoms with Crippen molar-refractivity contribution in [2.75, 3.05) is 25.0 Å². The van der Waals surface area contributed by atoms with Crippen molar-refractivity contribution in [1.82, 2.24) is 0 Å². The molecule has 0 heterocycles. The summed E-state index contributed by atoms with van der Waals surface area (Å²) in [5.41, 5.74) is 0.918. The number of hydrogen-bond donors (Lipinski definition) is 0. The molecule has 0 unspecified atom stereocenters. The third-order valence-corrected chi connectivity index (χ3v) is 3.85. The highest BCUT2D eigenvalue weighted by atomic mass is 35.5. The van der Waals surface area contributed by atoms with Gasteiger partial charge in [-0.2, -0.15) is 0 Å². The molecule has 0 amide bonds. The van der Waals surface area contributed by atoms with Gasteiger partial charge in [0.15, 0.2) is 0 Å². The summed E-state index contributed by atoms with van der Waals surface area (Å²) in [6, 6.07) is 9.48. The summed E-state index contributed by atoms with van der Waals surface area (Å²) in [5.74, 6) is 1.95. The molecule has 0 radical (unpaired) electrons. The van der Waals surface area contributed by atoms with Crippen molar-refractivity contribution in [3.05, 3.63) is 41.7 Å². The van der Waals surface area contributed by atoms with Gasteiger partial charge in [-0.05, 0) is 11.6 Å². The largest absolute Gasteiger partial charge is 0.354 e. The van der Waals surface area contributed by atoms with E-state index in [0.29, 0.717) is 0 Å². The van der Waals surface area contributed by atoms with E-state index < -0.39 is 7.60 Å². The van der Waals surface area contributed by atoms with Gasteiger partial charge in [0.2, 0.25) is 0 Å². The van der Waals surface area contributed by atoms with Crippen LogP contribution in [0.25, 0.3) is 6.08 Å². The lowest BCUT2D eigenvalue weighted by atomic mass is 10.2. The van der Waals surface area contributed by atoms with Crippen LogP contribution >= 0.6 is 30.8 Å². The van der Waals surface area contributed by atoms with E-state index in [4.69, 9.17) is 32.2 Å². The normalized spacial score (nSPS) is 12.1. The van der Waals surface area contributed by atoms with E-state index in [1.807, 2.05) is 30.3 Å². The molecule has 100 valence electrons. The zero-order valence-electron chi connectivity index (χ0n) is 9.80. The first-order chi connectivity index (χ1) is 8.70. The second-order valence-corrected chi connectivity index (χ2v) is 5.96. The fraction of sp³-hybridized carbons (Fsp3) is 0.333. The van der Waals surface area contributed by atoms with Crippen LogP contribution in [0.15, 0.2) is 36.1 Å². The summed E-state index contributed by atoms with van der Waals surface area (Å²) in [4.78, 5) is 0. The molecule has 0 aliphatic rings. The molecule has 0 spiro atoms. The first-order valence-electron chi connectivity index (χ1n) is 5.45. The quantitative estimate of drug-likeness (QED) is 0.528. The van der Waals surface area contributed by atoms with Gasteiger partial charge in [-0.3, -0.25) is 4.57 Å². The predicted octanol–water partition coefficient (Wildman–Crippen LogP) is 4.36. The molecule has 18 heavy (non-hydrogen) atoms. The van der Waals surface area contributed by atoms with Crippen LogP contribution in [0.5, 0.6) is 0 Å². The Balaban J connectivity index is 2.71. The van der Waals surface area contributed by atoms with Crippen LogP contribution in [0, 0.1) is 0 Å². The summed E-state index contributed by atoms with van der Waals surface area (Å²) in [6.45, 7) is 0.334. The lowest BCUT2D eigenvalue weighted by Gasteiger charge is -2.13. The fourth-order valence-corrected chi connectivity index (χ4v) is 2.85. The standard InChI is InChI=1S/C12H15Cl2O3P/c13-7-9-16-18(15,17-10-8-14)11-6-12-4-2-1-3-5-12/h1-6,11H,7-10H2/b11-6+. The Bertz CT molecular complexity index is 397.